The topological polar surface area (TPSA) is 33.0 Å². The van der Waals surface area contributed by atoms with Gasteiger partial charge >= 0.3 is 0 Å². The predicted molar refractivity (Wildman–Crippen MR) is 62.3 cm³/mol. The van der Waals surface area contributed by atoms with E-state index < -0.39 is 0 Å². The van der Waals surface area contributed by atoms with Crippen molar-refractivity contribution in [1.29, 1.82) is 5.26 Å². The first-order valence-electron chi connectivity index (χ1n) is 5.06. The van der Waals surface area contributed by atoms with Crippen LogP contribution in [0.15, 0.2) is 54.6 Å². The second-order valence-electron chi connectivity index (χ2n) is 3.40. The molecule has 0 aromatic heterocycles. The van der Waals surface area contributed by atoms with Crippen molar-refractivity contribution >= 4 is 0 Å². The van der Waals surface area contributed by atoms with Gasteiger partial charge in [-0.1, -0.05) is 54.6 Å². The van der Waals surface area contributed by atoms with E-state index in [0.29, 0.717) is 6.61 Å². The van der Waals surface area contributed by atoms with Gasteiger partial charge in [0.1, 0.15) is 6.61 Å². The fourth-order valence-corrected chi connectivity index (χ4v) is 1.66. The van der Waals surface area contributed by atoms with Crippen LogP contribution in [0.5, 0.6) is 0 Å². The summed E-state index contributed by atoms with van der Waals surface area (Å²) in [7, 11) is 0. The summed E-state index contributed by atoms with van der Waals surface area (Å²) in [5.41, 5.74) is 3.27. The van der Waals surface area contributed by atoms with Crippen LogP contribution in [-0.4, -0.2) is 0 Å². The van der Waals surface area contributed by atoms with Crippen LogP contribution in [-0.2, 0) is 11.3 Å². The Morgan fingerprint density at radius 1 is 0.938 bits per heavy atom. The van der Waals surface area contributed by atoms with Gasteiger partial charge in [-0.25, -0.2) is 0 Å². The second-order valence-corrected chi connectivity index (χ2v) is 3.40. The van der Waals surface area contributed by atoms with Gasteiger partial charge in [-0.05, 0) is 16.7 Å². The van der Waals surface area contributed by atoms with Crippen molar-refractivity contribution < 1.29 is 4.74 Å². The highest BCUT2D eigenvalue weighted by Crippen LogP contribution is 2.23. The van der Waals surface area contributed by atoms with E-state index in [2.05, 4.69) is 0 Å². The number of hydrogen-bond donors (Lipinski definition) is 0. The summed E-state index contributed by atoms with van der Waals surface area (Å²) < 4.78 is 4.79. The highest BCUT2D eigenvalue weighted by atomic mass is 16.5. The first-order chi connectivity index (χ1) is 7.92. The van der Waals surface area contributed by atoms with Crippen molar-refractivity contribution in [2.45, 2.75) is 6.61 Å². The van der Waals surface area contributed by atoms with Gasteiger partial charge in [-0.2, -0.15) is 5.26 Å². The smallest absolute Gasteiger partial charge is 0.286 e. The second kappa shape index (κ2) is 4.99. The quantitative estimate of drug-likeness (QED) is 0.726. The molecule has 0 aliphatic rings. The van der Waals surface area contributed by atoms with Crippen molar-refractivity contribution in [2.75, 3.05) is 0 Å². The molecule has 0 saturated carbocycles. The van der Waals surface area contributed by atoms with Crippen LogP contribution in [0.3, 0.4) is 0 Å². The maximum atomic E-state index is 8.42. The number of rotatable bonds is 3. The fourth-order valence-electron chi connectivity index (χ4n) is 1.66. The third-order valence-electron chi connectivity index (χ3n) is 2.39. The Balaban J connectivity index is 2.38. The first kappa shape index (κ1) is 10.3. The molecule has 0 N–H and O–H groups in total. The van der Waals surface area contributed by atoms with E-state index in [1.165, 1.54) is 0 Å². The normalized spacial score (nSPS) is 9.44. The Bertz CT molecular complexity index is 500. The van der Waals surface area contributed by atoms with Crippen molar-refractivity contribution in [3.63, 3.8) is 0 Å². The minimum Gasteiger partial charge on any atom is -0.423 e. The van der Waals surface area contributed by atoms with Crippen molar-refractivity contribution in [1.82, 2.24) is 0 Å². The SMILES string of the molecule is N#COCc1ccccc1-c1ccccc1. The first-order valence-corrected chi connectivity index (χ1v) is 5.06. The third kappa shape index (κ3) is 2.21. The largest absolute Gasteiger partial charge is 0.423 e. The lowest BCUT2D eigenvalue weighted by Crippen LogP contribution is -1.91. The van der Waals surface area contributed by atoms with Crippen molar-refractivity contribution in [3.8, 4) is 17.4 Å². The van der Waals surface area contributed by atoms with E-state index in [1.807, 2.05) is 54.6 Å². The summed E-state index contributed by atoms with van der Waals surface area (Å²) >= 11 is 0. The van der Waals surface area contributed by atoms with Gasteiger partial charge in [0.05, 0.1) is 0 Å². The number of hydrogen-bond acceptors (Lipinski definition) is 2. The lowest BCUT2D eigenvalue weighted by Gasteiger charge is -2.07. The molecular formula is C14H11NO. The molecule has 0 amide bonds. The molecule has 0 aliphatic carbocycles. The van der Waals surface area contributed by atoms with Gasteiger partial charge in [0.15, 0.2) is 0 Å². The van der Waals surface area contributed by atoms with Crippen molar-refractivity contribution in [3.05, 3.63) is 60.2 Å². The van der Waals surface area contributed by atoms with Gasteiger partial charge < -0.3 is 4.74 Å². The zero-order valence-corrected chi connectivity index (χ0v) is 8.76. The average molecular weight is 209 g/mol. The predicted octanol–water partition coefficient (Wildman–Crippen LogP) is 3.35. The molecule has 0 radical (unpaired) electrons. The molecule has 0 saturated heterocycles. The maximum Gasteiger partial charge on any atom is 0.286 e. The summed E-state index contributed by atoms with van der Waals surface area (Å²) in [5, 5.41) is 8.42. The molecule has 16 heavy (non-hydrogen) atoms. The van der Waals surface area contributed by atoms with Gasteiger partial charge in [0.2, 0.25) is 0 Å². The molecule has 0 aliphatic heterocycles. The maximum absolute atomic E-state index is 8.42. The average Bonchev–Trinajstić information content (AvgIpc) is 2.38. The number of nitriles is 1. The van der Waals surface area contributed by atoms with Crippen molar-refractivity contribution in [2.24, 2.45) is 0 Å². The van der Waals surface area contributed by atoms with Crippen LogP contribution in [0.25, 0.3) is 11.1 Å². The van der Waals surface area contributed by atoms with Crippen LogP contribution in [0, 0.1) is 11.5 Å². The van der Waals surface area contributed by atoms with Crippen LogP contribution >= 0.6 is 0 Å². The molecule has 0 heterocycles. The van der Waals surface area contributed by atoms with E-state index in [0.717, 1.165) is 16.7 Å². The summed E-state index contributed by atoms with van der Waals surface area (Å²) in [6.45, 7) is 0.321. The molecule has 2 aromatic carbocycles. The Morgan fingerprint density at radius 2 is 1.62 bits per heavy atom. The van der Waals surface area contributed by atoms with E-state index in [-0.39, 0.29) is 0 Å². The molecule has 0 unspecified atom stereocenters. The minimum atomic E-state index is 0.321. The molecule has 0 fully saturated rings. The Labute approximate surface area is 94.7 Å². The molecule has 0 spiro atoms. The fraction of sp³-hybridized carbons (Fsp3) is 0.0714. The molecule has 2 nitrogen and oxygen atoms in total. The summed E-state index contributed by atoms with van der Waals surface area (Å²) in [4.78, 5) is 0. The molecule has 0 atom stereocenters. The summed E-state index contributed by atoms with van der Waals surface area (Å²) in [5.74, 6) is 0. The Kier molecular flexibility index (Phi) is 3.20. The molecular weight excluding hydrogens is 198 g/mol. The van der Waals surface area contributed by atoms with Crippen LogP contribution in [0.4, 0.5) is 0 Å². The van der Waals surface area contributed by atoms with E-state index >= 15 is 0 Å². The van der Waals surface area contributed by atoms with Crippen LogP contribution < -0.4 is 0 Å². The van der Waals surface area contributed by atoms with Gasteiger partial charge in [0, 0.05) is 0 Å². The number of benzene rings is 2. The molecule has 2 rings (SSSR count). The van der Waals surface area contributed by atoms with Crippen LogP contribution in [0.1, 0.15) is 5.56 Å². The van der Waals surface area contributed by atoms with Gasteiger partial charge in [0.25, 0.3) is 6.26 Å². The summed E-state index contributed by atoms with van der Waals surface area (Å²) in [6, 6.07) is 18.0. The Morgan fingerprint density at radius 3 is 2.38 bits per heavy atom. The molecule has 0 bridgehead atoms. The molecule has 2 aromatic rings. The lowest BCUT2D eigenvalue weighted by atomic mass is 10.0. The standard InChI is InChI=1S/C14H11NO/c15-11-16-10-13-8-4-5-9-14(13)12-6-2-1-3-7-12/h1-9H,10H2. The van der Waals surface area contributed by atoms with E-state index in [4.69, 9.17) is 10.00 Å². The third-order valence-corrected chi connectivity index (χ3v) is 2.39. The summed E-state index contributed by atoms with van der Waals surface area (Å²) in [6.07, 6.45) is 1.69. The van der Waals surface area contributed by atoms with Gasteiger partial charge in [-0.15, -0.1) is 0 Å². The highest BCUT2D eigenvalue weighted by molar-refractivity contribution is 5.67. The van der Waals surface area contributed by atoms with Crippen LogP contribution in [0.2, 0.25) is 0 Å². The van der Waals surface area contributed by atoms with Gasteiger partial charge in [-0.3, -0.25) is 0 Å². The number of ether oxygens (including phenoxy) is 1. The zero-order chi connectivity index (χ0) is 11.2. The monoisotopic (exact) mass is 209 g/mol. The number of nitrogens with zero attached hydrogens (tertiary/aromatic N) is 1. The zero-order valence-electron chi connectivity index (χ0n) is 8.76. The minimum absolute atomic E-state index is 0.321. The lowest BCUT2D eigenvalue weighted by molar-refractivity contribution is 0.258. The molecule has 78 valence electrons. The van der Waals surface area contributed by atoms with E-state index in [1.54, 1.807) is 6.26 Å². The highest BCUT2D eigenvalue weighted by Gasteiger charge is 2.03. The Hall–Kier alpha value is -2.27. The molecule has 2 heteroatoms. The van der Waals surface area contributed by atoms with E-state index in [9.17, 15) is 0 Å².